The zero-order valence-electron chi connectivity index (χ0n) is 12.0. The predicted molar refractivity (Wildman–Crippen MR) is 74.7 cm³/mol. The molecule has 0 spiro atoms. The Labute approximate surface area is 114 Å². The normalized spacial score (nSPS) is 10.1. The highest BCUT2D eigenvalue weighted by molar-refractivity contribution is 5.76. The van der Waals surface area contributed by atoms with Crippen LogP contribution in [-0.4, -0.2) is 33.7 Å². The summed E-state index contributed by atoms with van der Waals surface area (Å²) in [6.45, 7) is 3.10. The van der Waals surface area contributed by atoms with E-state index < -0.39 is 0 Å². The van der Waals surface area contributed by atoms with Gasteiger partial charge in [0.05, 0.1) is 14.2 Å². The number of ether oxygens (including phenoxy) is 2. The highest BCUT2D eigenvalue weighted by Gasteiger charge is 2.10. The summed E-state index contributed by atoms with van der Waals surface area (Å²) >= 11 is 0. The van der Waals surface area contributed by atoms with Crippen LogP contribution in [0.15, 0.2) is 12.1 Å². The summed E-state index contributed by atoms with van der Waals surface area (Å²) in [5.74, 6) is 1.50. The number of carbonyl (C=O) groups is 1. The second kappa shape index (κ2) is 7.63. The standard InChI is InChI=1S/C14H22N2O3/c1-10-7-11(18-3)8-13(19-4)12(10)9-16-14(17)5-6-15-2/h7-8,15H,5-6,9H2,1-4H3,(H,16,17). The zero-order chi connectivity index (χ0) is 14.3. The molecule has 0 saturated heterocycles. The largest absolute Gasteiger partial charge is 0.497 e. The van der Waals surface area contributed by atoms with Gasteiger partial charge in [-0.05, 0) is 25.6 Å². The summed E-state index contributed by atoms with van der Waals surface area (Å²) in [7, 11) is 5.05. The molecule has 5 heteroatoms. The Morgan fingerprint density at radius 2 is 2.00 bits per heavy atom. The highest BCUT2D eigenvalue weighted by Crippen LogP contribution is 2.28. The molecule has 0 atom stereocenters. The third kappa shape index (κ3) is 4.44. The number of methoxy groups -OCH3 is 2. The fraction of sp³-hybridized carbons (Fsp3) is 0.500. The lowest BCUT2D eigenvalue weighted by atomic mass is 10.1. The van der Waals surface area contributed by atoms with Gasteiger partial charge in [0.2, 0.25) is 5.91 Å². The third-order valence-corrected chi connectivity index (χ3v) is 2.93. The Hall–Kier alpha value is -1.75. The van der Waals surface area contributed by atoms with E-state index in [9.17, 15) is 4.79 Å². The minimum atomic E-state index is 0.0200. The maximum atomic E-state index is 11.6. The summed E-state index contributed by atoms with van der Waals surface area (Å²) in [6.07, 6.45) is 0.466. The van der Waals surface area contributed by atoms with Crippen LogP contribution in [0.4, 0.5) is 0 Å². The van der Waals surface area contributed by atoms with Crippen LogP contribution >= 0.6 is 0 Å². The highest BCUT2D eigenvalue weighted by atomic mass is 16.5. The molecule has 5 nitrogen and oxygen atoms in total. The van der Waals surface area contributed by atoms with E-state index in [0.717, 1.165) is 22.6 Å². The van der Waals surface area contributed by atoms with Crippen molar-refractivity contribution in [2.24, 2.45) is 0 Å². The first-order valence-corrected chi connectivity index (χ1v) is 6.25. The number of hydrogen-bond donors (Lipinski definition) is 2. The summed E-state index contributed by atoms with van der Waals surface area (Å²) in [4.78, 5) is 11.6. The van der Waals surface area contributed by atoms with Gasteiger partial charge < -0.3 is 20.1 Å². The van der Waals surface area contributed by atoms with Gasteiger partial charge in [-0.15, -0.1) is 0 Å². The Kier molecular flexibility index (Phi) is 6.15. The predicted octanol–water partition coefficient (Wildman–Crippen LogP) is 1.24. The molecule has 0 aliphatic heterocycles. The molecule has 0 unspecified atom stereocenters. The minimum absolute atomic E-state index is 0.0200. The van der Waals surface area contributed by atoms with Crippen molar-refractivity contribution in [3.63, 3.8) is 0 Å². The third-order valence-electron chi connectivity index (χ3n) is 2.93. The molecule has 0 aliphatic carbocycles. The van der Waals surface area contributed by atoms with E-state index in [4.69, 9.17) is 9.47 Å². The maximum absolute atomic E-state index is 11.6. The molecule has 0 radical (unpaired) electrons. The van der Waals surface area contributed by atoms with Crippen LogP contribution < -0.4 is 20.1 Å². The van der Waals surface area contributed by atoms with Crippen molar-refractivity contribution < 1.29 is 14.3 Å². The summed E-state index contributed by atoms with van der Waals surface area (Å²) in [6, 6.07) is 3.75. The van der Waals surface area contributed by atoms with Crippen molar-refractivity contribution in [1.29, 1.82) is 0 Å². The smallest absolute Gasteiger partial charge is 0.221 e. The van der Waals surface area contributed by atoms with Crippen LogP contribution in [0.2, 0.25) is 0 Å². The molecule has 1 rings (SSSR count). The lowest BCUT2D eigenvalue weighted by molar-refractivity contribution is -0.121. The molecule has 0 heterocycles. The molecule has 106 valence electrons. The number of benzene rings is 1. The molecule has 0 aliphatic rings. The molecule has 2 N–H and O–H groups in total. The lowest BCUT2D eigenvalue weighted by Crippen LogP contribution is -2.26. The molecule has 0 fully saturated rings. The average molecular weight is 266 g/mol. The Bertz CT molecular complexity index is 433. The molecule has 1 amide bonds. The van der Waals surface area contributed by atoms with Crippen LogP contribution in [0.5, 0.6) is 11.5 Å². The van der Waals surface area contributed by atoms with Gasteiger partial charge in [0.1, 0.15) is 11.5 Å². The minimum Gasteiger partial charge on any atom is -0.497 e. The molecular formula is C14H22N2O3. The van der Waals surface area contributed by atoms with E-state index in [0.29, 0.717) is 19.5 Å². The summed E-state index contributed by atoms with van der Waals surface area (Å²) in [5, 5.41) is 5.83. The molecule has 1 aromatic carbocycles. The van der Waals surface area contributed by atoms with Gasteiger partial charge in [0, 0.05) is 31.1 Å². The number of hydrogen-bond acceptors (Lipinski definition) is 4. The van der Waals surface area contributed by atoms with E-state index in [-0.39, 0.29) is 5.91 Å². The second-order valence-corrected chi connectivity index (χ2v) is 4.26. The summed E-state index contributed by atoms with van der Waals surface area (Å²) < 4.78 is 10.5. The molecular weight excluding hydrogens is 244 g/mol. The van der Waals surface area contributed by atoms with Crippen molar-refractivity contribution >= 4 is 5.91 Å². The second-order valence-electron chi connectivity index (χ2n) is 4.26. The lowest BCUT2D eigenvalue weighted by Gasteiger charge is -2.14. The van der Waals surface area contributed by atoms with Gasteiger partial charge in [-0.3, -0.25) is 4.79 Å². The maximum Gasteiger partial charge on any atom is 0.221 e. The van der Waals surface area contributed by atoms with Gasteiger partial charge in [0.15, 0.2) is 0 Å². The number of amides is 1. The molecule has 0 bridgehead atoms. The van der Waals surface area contributed by atoms with Crippen LogP contribution in [0.3, 0.4) is 0 Å². The van der Waals surface area contributed by atoms with Crippen molar-refractivity contribution in [3.05, 3.63) is 23.3 Å². The van der Waals surface area contributed by atoms with Gasteiger partial charge >= 0.3 is 0 Å². The van der Waals surface area contributed by atoms with Gasteiger partial charge in [-0.1, -0.05) is 0 Å². The van der Waals surface area contributed by atoms with Crippen molar-refractivity contribution in [3.8, 4) is 11.5 Å². The zero-order valence-corrected chi connectivity index (χ0v) is 12.0. The first-order valence-electron chi connectivity index (χ1n) is 6.25. The quantitative estimate of drug-likeness (QED) is 0.779. The summed E-state index contributed by atoms with van der Waals surface area (Å²) in [5.41, 5.74) is 2.01. The first-order chi connectivity index (χ1) is 9.12. The Morgan fingerprint density at radius 1 is 1.26 bits per heavy atom. The van der Waals surface area contributed by atoms with Gasteiger partial charge in [-0.25, -0.2) is 0 Å². The van der Waals surface area contributed by atoms with E-state index in [1.165, 1.54) is 0 Å². The Morgan fingerprint density at radius 3 is 2.58 bits per heavy atom. The molecule has 1 aromatic rings. The van der Waals surface area contributed by atoms with E-state index in [2.05, 4.69) is 10.6 Å². The fourth-order valence-corrected chi connectivity index (χ4v) is 1.79. The van der Waals surface area contributed by atoms with Gasteiger partial charge in [0.25, 0.3) is 0 Å². The van der Waals surface area contributed by atoms with Crippen molar-refractivity contribution in [2.45, 2.75) is 19.9 Å². The fourth-order valence-electron chi connectivity index (χ4n) is 1.79. The number of carbonyl (C=O) groups excluding carboxylic acids is 1. The van der Waals surface area contributed by atoms with Crippen LogP contribution in [0.25, 0.3) is 0 Å². The number of aryl methyl sites for hydroxylation is 1. The van der Waals surface area contributed by atoms with Crippen LogP contribution in [-0.2, 0) is 11.3 Å². The van der Waals surface area contributed by atoms with Crippen molar-refractivity contribution in [2.75, 3.05) is 27.8 Å². The molecule has 0 aromatic heterocycles. The Balaban J connectivity index is 2.74. The molecule has 0 saturated carbocycles. The van der Waals surface area contributed by atoms with E-state index in [1.807, 2.05) is 26.1 Å². The van der Waals surface area contributed by atoms with Gasteiger partial charge in [-0.2, -0.15) is 0 Å². The number of nitrogens with one attached hydrogen (secondary N) is 2. The number of rotatable bonds is 7. The average Bonchev–Trinajstić information content (AvgIpc) is 2.42. The van der Waals surface area contributed by atoms with E-state index in [1.54, 1.807) is 14.2 Å². The SMILES string of the molecule is CNCCC(=O)NCc1c(C)cc(OC)cc1OC. The molecule has 19 heavy (non-hydrogen) atoms. The van der Waals surface area contributed by atoms with Crippen molar-refractivity contribution in [1.82, 2.24) is 10.6 Å². The topological polar surface area (TPSA) is 59.6 Å². The van der Waals surface area contributed by atoms with Crippen LogP contribution in [0, 0.1) is 6.92 Å². The van der Waals surface area contributed by atoms with E-state index >= 15 is 0 Å². The first kappa shape index (κ1) is 15.3. The van der Waals surface area contributed by atoms with Crippen LogP contribution in [0.1, 0.15) is 17.5 Å². The monoisotopic (exact) mass is 266 g/mol.